The van der Waals surface area contributed by atoms with Crippen LogP contribution >= 0.6 is 0 Å². The van der Waals surface area contributed by atoms with Crippen LogP contribution in [0, 0.1) is 17.2 Å². The number of hydrogen-bond acceptors (Lipinski definition) is 5. The van der Waals surface area contributed by atoms with Gasteiger partial charge in [-0.25, -0.2) is 4.79 Å². The lowest BCUT2D eigenvalue weighted by molar-refractivity contribution is -0.130. The normalized spacial score (nSPS) is 16.0. The number of hydrogen-bond donors (Lipinski definition) is 2. The van der Waals surface area contributed by atoms with Crippen LogP contribution in [0.15, 0.2) is 22.8 Å². The van der Waals surface area contributed by atoms with E-state index in [1.165, 1.54) is 12.7 Å². The highest BCUT2D eigenvalue weighted by Gasteiger charge is 2.27. The Morgan fingerprint density at radius 2 is 2.12 bits per heavy atom. The van der Waals surface area contributed by atoms with Crippen molar-refractivity contribution in [2.24, 2.45) is 5.92 Å². The van der Waals surface area contributed by atoms with E-state index in [1.807, 2.05) is 6.07 Å². The molecule has 0 aromatic carbocycles. The largest absolute Gasteiger partial charge is 0.467 e. The van der Waals surface area contributed by atoms with Crippen molar-refractivity contribution in [3.05, 3.63) is 24.2 Å². The van der Waals surface area contributed by atoms with Gasteiger partial charge in [-0.1, -0.05) is 32.1 Å². The van der Waals surface area contributed by atoms with Gasteiger partial charge in [0, 0.05) is 0 Å². The zero-order valence-electron chi connectivity index (χ0n) is 13.6. The fourth-order valence-electron chi connectivity index (χ4n) is 2.92. The van der Waals surface area contributed by atoms with E-state index < -0.39 is 18.1 Å². The third-order valence-corrected chi connectivity index (χ3v) is 4.14. The van der Waals surface area contributed by atoms with E-state index in [4.69, 9.17) is 14.4 Å². The van der Waals surface area contributed by atoms with Gasteiger partial charge in [0.25, 0.3) is 5.91 Å². The topological polar surface area (TPSA) is 104 Å². The number of alkyl carbamates (subject to hydrolysis) is 1. The molecule has 1 atom stereocenters. The number of ether oxygens (including phenoxy) is 1. The molecule has 0 saturated heterocycles. The summed E-state index contributed by atoms with van der Waals surface area (Å²) in [6, 6.07) is 5.31. The van der Waals surface area contributed by atoms with Gasteiger partial charge in [0.05, 0.1) is 18.9 Å². The molecule has 1 saturated carbocycles. The number of nitrogens with one attached hydrogen (secondary N) is 2. The highest BCUT2D eigenvalue weighted by Crippen LogP contribution is 2.28. The second-order valence-electron chi connectivity index (χ2n) is 5.94. The Labute approximate surface area is 141 Å². The SMILES string of the molecule is N#CCNC(=O)[C@H](CC1CCCCC1)OC(=O)NCc1ccco1. The molecule has 1 aromatic heterocycles. The van der Waals surface area contributed by atoms with E-state index in [1.54, 1.807) is 12.1 Å². The molecule has 0 radical (unpaired) electrons. The molecule has 2 N–H and O–H groups in total. The summed E-state index contributed by atoms with van der Waals surface area (Å²) < 4.78 is 10.4. The van der Waals surface area contributed by atoms with Crippen molar-refractivity contribution in [3.63, 3.8) is 0 Å². The molecule has 1 heterocycles. The third-order valence-electron chi connectivity index (χ3n) is 4.14. The first-order valence-corrected chi connectivity index (χ1v) is 8.30. The predicted molar refractivity (Wildman–Crippen MR) is 85.6 cm³/mol. The number of carbonyl (C=O) groups is 2. The highest BCUT2D eigenvalue weighted by molar-refractivity contribution is 5.83. The molecule has 0 unspecified atom stereocenters. The number of furan rings is 1. The van der Waals surface area contributed by atoms with E-state index >= 15 is 0 Å². The van der Waals surface area contributed by atoms with E-state index in [9.17, 15) is 9.59 Å². The average Bonchev–Trinajstić information content (AvgIpc) is 3.12. The zero-order chi connectivity index (χ0) is 17.2. The van der Waals surface area contributed by atoms with Gasteiger partial charge in [-0.05, 0) is 24.5 Å². The second kappa shape index (κ2) is 9.60. The summed E-state index contributed by atoms with van der Waals surface area (Å²) in [7, 11) is 0. The smallest absolute Gasteiger partial charge is 0.408 e. The third kappa shape index (κ3) is 5.95. The van der Waals surface area contributed by atoms with Crippen LogP contribution in [0.1, 0.15) is 44.3 Å². The molecular weight excluding hydrogens is 310 g/mol. The van der Waals surface area contributed by atoms with E-state index in [0.29, 0.717) is 18.1 Å². The molecule has 2 amide bonds. The van der Waals surface area contributed by atoms with Gasteiger partial charge in [-0.15, -0.1) is 0 Å². The summed E-state index contributed by atoms with van der Waals surface area (Å²) in [5.41, 5.74) is 0. The standard InChI is InChI=1S/C17H23N3O4/c18-8-9-19-16(21)15(11-13-5-2-1-3-6-13)24-17(22)20-12-14-7-4-10-23-14/h4,7,10,13,15H,1-3,5-6,9,11-12H2,(H,19,21)(H,20,22)/t15-/m0/s1. The maximum atomic E-state index is 12.2. The summed E-state index contributed by atoms with van der Waals surface area (Å²) in [4.78, 5) is 24.1. The molecule has 130 valence electrons. The van der Waals surface area contributed by atoms with Crippen molar-refractivity contribution in [1.29, 1.82) is 5.26 Å². The molecule has 1 fully saturated rings. The Morgan fingerprint density at radius 1 is 1.33 bits per heavy atom. The molecule has 1 aromatic rings. The lowest BCUT2D eigenvalue weighted by atomic mass is 9.85. The molecule has 1 aliphatic carbocycles. The summed E-state index contributed by atoms with van der Waals surface area (Å²) in [5, 5.41) is 13.6. The molecule has 2 rings (SSSR count). The van der Waals surface area contributed by atoms with E-state index in [0.717, 1.165) is 25.7 Å². The molecule has 7 nitrogen and oxygen atoms in total. The van der Waals surface area contributed by atoms with Crippen molar-refractivity contribution in [1.82, 2.24) is 10.6 Å². The van der Waals surface area contributed by atoms with Crippen molar-refractivity contribution in [2.75, 3.05) is 6.54 Å². The minimum atomic E-state index is -0.877. The Kier molecular flexibility index (Phi) is 7.15. The van der Waals surface area contributed by atoms with Crippen LogP contribution in [0.3, 0.4) is 0 Å². The van der Waals surface area contributed by atoms with Crippen LogP contribution in [0.5, 0.6) is 0 Å². The summed E-state index contributed by atoms with van der Waals surface area (Å²) in [6.45, 7) is 0.0964. The molecule has 24 heavy (non-hydrogen) atoms. The zero-order valence-corrected chi connectivity index (χ0v) is 13.6. The van der Waals surface area contributed by atoms with Crippen LogP contribution in [-0.2, 0) is 16.1 Å². The van der Waals surface area contributed by atoms with E-state index in [-0.39, 0.29) is 13.1 Å². The number of rotatable bonds is 7. The Hall–Kier alpha value is -2.49. The van der Waals surface area contributed by atoms with Crippen molar-refractivity contribution < 1.29 is 18.7 Å². The summed E-state index contributed by atoms with van der Waals surface area (Å²) >= 11 is 0. The molecule has 7 heteroatoms. The summed E-state index contributed by atoms with van der Waals surface area (Å²) in [6.07, 6.45) is 6.04. The number of nitrogens with zero attached hydrogens (tertiary/aromatic N) is 1. The lowest BCUT2D eigenvalue weighted by Gasteiger charge is -2.25. The van der Waals surface area contributed by atoms with Crippen LogP contribution in [0.4, 0.5) is 4.79 Å². The van der Waals surface area contributed by atoms with Gasteiger partial charge in [-0.2, -0.15) is 5.26 Å². The quantitative estimate of drug-likeness (QED) is 0.746. The fourth-order valence-corrected chi connectivity index (χ4v) is 2.92. The van der Waals surface area contributed by atoms with Gasteiger partial charge in [0.15, 0.2) is 6.10 Å². The maximum absolute atomic E-state index is 12.2. The molecule has 0 spiro atoms. The van der Waals surface area contributed by atoms with Crippen molar-refractivity contribution in [2.45, 2.75) is 51.2 Å². The number of amides is 2. The van der Waals surface area contributed by atoms with Gasteiger partial charge < -0.3 is 19.8 Å². The highest BCUT2D eigenvalue weighted by atomic mass is 16.6. The monoisotopic (exact) mass is 333 g/mol. The van der Waals surface area contributed by atoms with Crippen LogP contribution < -0.4 is 10.6 Å². The van der Waals surface area contributed by atoms with Crippen molar-refractivity contribution in [3.8, 4) is 6.07 Å². The van der Waals surface area contributed by atoms with Crippen molar-refractivity contribution >= 4 is 12.0 Å². The first kappa shape index (κ1) is 17.9. The first-order valence-electron chi connectivity index (χ1n) is 8.30. The van der Waals surface area contributed by atoms with Gasteiger partial charge in [0.2, 0.25) is 0 Å². The van der Waals surface area contributed by atoms with Gasteiger partial charge >= 0.3 is 6.09 Å². The fraction of sp³-hybridized carbons (Fsp3) is 0.588. The molecular formula is C17H23N3O4. The maximum Gasteiger partial charge on any atom is 0.408 e. The van der Waals surface area contributed by atoms with Crippen LogP contribution in [0.2, 0.25) is 0 Å². The van der Waals surface area contributed by atoms with Crippen LogP contribution in [-0.4, -0.2) is 24.6 Å². The number of carbonyl (C=O) groups excluding carboxylic acids is 2. The Morgan fingerprint density at radius 3 is 2.79 bits per heavy atom. The molecule has 0 aliphatic heterocycles. The summed E-state index contributed by atoms with van der Waals surface area (Å²) in [5.74, 6) is 0.550. The predicted octanol–water partition coefficient (Wildman–Crippen LogP) is 2.48. The van der Waals surface area contributed by atoms with Crippen LogP contribution in [0.25, 0.3) is 0 Å². The molecule has 1 aliphatic rings. The van der Waals surface area contributed by atoms with E-state index in [2.05, 4.69) is 10.6 Å². The minimum Gasteiger partial charge on any atom is -0.467 e. The average molecular weight is 333 g/mol. The molecule has 0 bridgehead atoms. The van der Waals surface area contributed by atoms with Gasteiger partial charge in [0.1, 0.15) is 12.3 Å². The Bertz CT molecular complexity index is 559. The first-order chi connectivity index (χ1) is 11.7. The second-order valence-corrected chi connectivity index (χ2v) is 5.94. The number of nitriles is 1. The lowest BCUT2D eigenvalue weighted by Crippen LogP contribution is -2.41. The Balaban J connectivity index is 1.86. The minimum absolute atomic E-state index is 0.0998. The van der Waals surface area contributed by atoms with Gasteiger partial charge in [-0.3, -0.25) is 4.79 Å².